The number of pyridine rings is 1. The molecule has 1 atom stereocenters. The van der Waals surface area contributed by atoms with E-state index in [2.05, 4.69) is 27.6 Å². The van der Waals surface area contributed by atoms with E-state index in [-0.39, 0.29) is 6.10 Å². The summed E-state index contributed by atoms with van der Waals surface area (Å²) in [7, 11) is 0. The maximum absolute atomic E-state index is 10.8. The van der Waals surface area contributed by atoms with Gasteiger partial charge in [0.05, 0.1) is 12.3 Å². The number of halogens is 1. The first-order chi connectivity index (χ1) is 9.39. The molecule has 3 nitrogen and oxygen atoms in total. The van der Waals surface area contributed by atoms with Gasteiger partial charge in [0.1, 0.15) is 11.4 Å². The number of rotatable bonds is 4. The molecule has 0 aliphatic rings. The molecule has 1 aromatic carbocycles. The predicted molar refractivity (Wildman–Crippen MR) is 87.8 cm³/mol. The zero-order valence-corrected chi connectivity index (χ0v) is 14.0. The van der Waals surface area contributed by atoms with Crippen molar-refractivity contribution in [1.29, 1.82) is 0 Å². The molecular weight excluding hydrogens is 365 g/mol. The van der Waals surface area contributed by atoms with Crippen LogP contribution in [0.25, 0.3) is 0 Å². The van der Waals surface area contributed by atoms with Crippen molar-refractivity contribution in [2.45, 2.75) is 32.5 Å². The number of nitrogens with zero attached hydrogens (tertiary/aromatic N) is 1. The minimum Gasteiger partial charge on any atom is -0.489 e. The van der Waals surface area contributed by atoms with Crippen molar-refractivity contribution < 1.29 is 9.84 Å². The first kappa shape index (κ1) is 15.3. The third-order valence-electron chi connectivity index (χ3n) is 3.05. The van der Waals surface area contributed by atoms with E-state index < -0.39 is 5.60 Å². The Bertz CT molecular complexity index is 579. The van der Waals surface area contributed by atoms with Crippen LogP contribution in [0.2, 0.25) is 0 Å². The Kier molecular flexibility index (Phi) is 4.65. The molecule has 0 saturated heterocycles. The Morgan fingerprint density at radius 1 is 1.15 bits per heavy atom. The molecule has 1 unspecified atom stereocenters. The van der Waals surface area contributed by atoms with Crippen LogP contribution in [-0.2, 0) is 5.60 Å². The van der Waals surface area contributed by atoms with E-state index in [9.17, 15) is 5.11 Å². The van der Waals surface area contributed by atoms with Crippen LogP contribution in [0.1, 0.15) is 31.9 Å². The fourth-order valence-electron chi connectivity index (χ4n) is 1.96. The van der Waals surface area contributed by atoms with Gasteiger partial charge in [0, 0.05) is 15.3 Å². The van der Waals surface area contributed by atoms with Crippen molar-refractivity contribution in [3.8, 4) is 5.75 Å². The van der Waals surface area contributed by atoms with E-state index in [1.165, 1.54) is 0 Å². The molecule has 0 radical (unpaired) electrons. The molecule has 0 amide bonds. The van der Waals surface area contributed by atoms with Gasteiger partial charge in [-0.2, -0.15) is 0 Å². The van der Waals surface area contributed by atoms with E-state index >= 15 is 0 Å². The Labute approximate surface area is 133 Å². The molecule has 1 aromatic heterocycles. The second-order valence-electron chi connectivity index (χ2n) is 5.16. The predicted octanol–water partition coefficient (Wildman–Crippen LogP) is 3.73. The lowest BCUT2D eigenvalue weighted by atomic mass is 9.89. The lowest BCUT2D eigenvalue weighted by Gasteiger charge is -2.25. The number of benzene rings is 1. The maximum atomic E-state index is 10.8. The van der Waals surface area contributed by atoms with Crippen LogP contribution in [0.4, 0.5) is 0 Å². The summed E-state index contributed by atoms with van der Waals surface area (Å²) in [5.74, 6) is 0.670. The Balaban J connectivity index is 2.35. The minimum atomic E-state index is -1.09. The molecule has 1 N–H and O–H groups in total. The molecule has 0 aliphatic heterocycles. The van der Waals surface area contributed by atoms with Crippen molar-refractivity contribution in [2.24, 2.45) is 0 Å². The number of hydrogen-bond acceptors (Lipinski definition) is 3. The highest BCUT2D eigenvalue weighted by atomic mass is 127. The molecule has 1 heterocycles. The van der Waals surface area contributed by atoms with Gasteiger partial charge in [0.2, 0.25) is 0 Å². The normalized spacial score (nSPS) is 14.1. The van der Waals surface area contributed by atoms with E-state index in [0.29, 0.717) is 5.75 Å². The van der Waals surface area contributed by atoms with Crippen LogP contribution < -0.4 is 4.74 Å². The average molecular weight is 383 g/mol. The van der Waals surface area contributed by atoms with E-state index in [1.54, 1.807) is 19.3 Å². The molecule has 0 saturated carbocycles. The molecule has 4 heteroatoms. The monoisotopic (exact) mass is 383 g/mol. The van der Waals surface area contributed by atoms with Gasteiger partial charge in [-0.3, -0.25) is 4.98 Å². The summed E-state index contributed by atoms with van der Waals surface area (Å²) in [5.41, 5.74) is 0.464. The maximum Gasteiger partial charge on any atom is 0.138 e. The number of aliphatic hydroxyl groups is 1. The van der Waals surface area contributed by atoms with Crippen molar-refractivity contribution in [1.82, 2.24) is 4.98 Å². The Hall–Kier alpha value is -1.14. The quantitative estimate of drug-likeness (QED) is 0.819. The van der Waals surface area contributed by atoms with Gasteiger partial charge < -0.3 is 9.84 Å². The molecule has 0 bridgehead atoms. The number of aromatic nitrogens is 1. The molecule has 0 fully saturated rings. The van der Waals surface area contributed by atoms with E-state index in [0.717, 1.165) is 14.7 Å². The second kappa shape index (κ2) is 6.10. The first-order valence-corrected chi connectivity index (χ1v) is 7.58. The fourth-order valence-corrected chi connectivity index (χ4v) is 2.32. The van der Waals surface area contributed by atoms with Gasteiger partial charge >= 0.3 is 0 Å². The highest BCUT2D eigenvalue weighted by molar-refractivity contribution is 14.1. The summed E-state index contributed by atoms with van der Waals surface area (Å²) in [6.45, 7) is 5.69. The third kappa shape index (κ3) is 3.49. The Morgan fingerprint density at radius 3 is 2.40 bits per heavy atom. The summed E-state index contributed by atoms with van der Waals surface area (Å²) in [6.07, 6.45) is 3.41. The van der Waals surface area contributed by atoms with Crippen LogP contribution in [0.5, 0.6) is 5.75 Å². The summed E-state index contributed by atoms with van der Waals surface area (Å²) >= 11 is 2.24. The van der Waals surface area contributed by atoms with E-state index in [4.69, 9.17) is 4.74 Å². The van der Waals surface area contributed by atoms with Crippen molar-refractivity contribution in [3.05, 3.63) is 57.4 Å². The van der Waals surface area contributed by atoms with Crippen LogP contribution in [0.3, 0.4) is 0 Å². The second-order valence-corrected chi connectivity index (χ2v) is 6.40. The number of ether oxygens (including phenoxy) is 1. The standard InChI is InChI=1S/C16H18INO2/c1-11(2)20-15-8-13(9-18-10-15)16(3,19)12-4-6-14(17)7-5-12/h4-11,19H,1-3H3. The van der Waals surface area contributed by atoms with Gasteiger partial charge in [-0.15, -0.1) is 0 Å². The third-order valence-corrected chi connectivity index (χ3v) is 3.77. The first-order valence-electron chi connectivity index (χ1n) is 6.50. The molecule has 2 rings (SSSR count). The molecule has 106 valence electrons. The highest BCUT2D eigenvalue weighted by Gasteiger charge is 2.26. The van der Waals surface area contributed by atoms with Gasteiger partial charge in [0.25, 0.3) is 0 Å². The summed E-state index contributed by atoms with van der Waals surface area (Å²) < 4.78 is 6.77. The largest absolute Gasteiger partial charge is 0.489 e. The van der Waals surface area contributed by atoms with Gasteiger partial charge in [-0.25, -0.2) is 0 Å². The van der Waals surface area contributed by atoms with Crippen LogP contribution in [0, 0.1) is 3.57 Å². The number of hydrogen-bond donors (Lipinski definition) is 1. The van der Waals surface area contributed by atoms with Crippen molar-refractivity contribution in [3.63, 3.8) is 0 Å². The van der Waals surface area contributed by atoms with Gasteiger partial charge in [-0.1, -0.05) is 12.1 Å². The topological polar surface area (TPSA) is 42.4 Å². The average Bonchev–Trinajstić information content (AvgIpc) is 2.39. The van der Waals surface area contributed by atoms with Crippen LogP contribution in [-0.4, -0.2) is 16.2 Å². The molecule has 2 aromatic rings. The smallest absolute Gasteiger partial charge is 0.138 e. The summed E-state index contributed by atoms with van der Waals surface area (Å²) in [6, 6.07) is 9.65. The van der Waals surface area contributed by atoms with E-state index in [1.807, 2.05) is 44.2 Å². The zero-order valence-electron chi connectivity index (χ0n) is 11.8. The molecule has 20 heavy (non-hydrogen) atoms. The zero-order chi connectivity index (χ0) is 14.8. The lowest BCUT2D eigenvalue weighted by molar-refractivity contribution is 0.101. The highest BCUT2D eigenvalue weighted by Crippen LogP contribution is 2.30. The van der Waals surface area contributed by atoms with Gasteiger partial charge in [-0.05, 0) is 67.1 Å². The summed E-state index contributed by atoms with van der Waals surface area (Å²) in [4.78, 5) is 4.16. The van der Waals surface area contributed by atoms with Crippen LogP contribution in [0.15, 0.2) is 42.7 Å². The lowest BCUT2D eigenvalue weighted by Crippen LogP contribution is -2.23. The van der Waals surface area contributed by atoms with Crippen molar-refractivity contribution in [2.75, 3.05) is 0 Å². The SMILES string of the molecule is CC(C)Oc1cncc(C(C)(O)c2ccc(I)cc2)c1. The fraction of sp³-hybridized carbons (Fsp3) is 0.312. The van der Waals surface area contributed by atoms with Gasteiger partial charge in [0.15, 0.2) is 0 Å². The van der Waals surface area contributed by atoms with Crippen molar-refractivity contribution >= 4 is 22.6 Å². The molecule has 0 spiro atoms. The minimum absolute atomic E-state index is 0.0790. The molecular formula is C16H18INO2. The summed E-state index contributed by atoms with van der Waals surface area (Å²) in [5, 5.41) is 10.8. The van der Waals surface area contributed by atoms with Crippen LogP contribution >= 0.6 is 22.6 Å². The molecule has 0 aliphatic carbocycles. The Morgan fingerprint density at radius 2 is 1.80 bits per heavy atom.